The van der Waals surface area contributed by atoms with Gasteiger partial charge in [0, 0.05) is 16.8 Å². The summed E-state index contributed by atoms with van der Waals surface area (Å²) in [5.74, 6) is 1.15. The van der Waals surface area contributed by atoms with Crippen molar-refractivity contribution in [2.75, 3.05) is 19.5 Å². The summed E-state index contributed by atoms with van der Waals surface area (Å²) >= 11 is 11.9. The fourth-order valence-corrected chi connectivity index (χ4v) is 2.43. The average molecular weight is 370 g/mol. The van der Waals surface area contributed by atoms with Crippen molar-refractivity contribution in [2.24, 2.45) is 0 Å². The minimum atomic E-state index is -0.753. The molecule has 5 nitrogen and oxygen atoms in total. The van der Waals surface area contributed by atoms with E-state index in [2.05, 4.69) is 5.32 Å². The van der Waals surface area contributed by atoms with Crippen molar-refractivity contribution in [3.8, 4) is 17.2 Å². The number of hydrogen-bond donors (Lipinski definition) is 1. The first kappa shape index (κ1) is 18.2. The summed E-state index contributed by atoms with van der Waals surface area (Å²) in [4.78, 5) is 12.3. The van der Waals surface area contributed by atoms with Gasteiger partial charge in [-0.05, 0) is 37.3 Å². The molecule has 0 aliphatic heterocycles. The van der Waals surface area contributed by atoms with Gasteiger partial charge in [-0.1, -0.05) is 23.2 Å². The summed E-state index contributed by atoms with van der Waals surface area (Å²) in [6.07, 6.45) is -0.753. The summed E-state index contributed by atoms with van der Waals surface area (Å²) in [5.41, 5.74) is 0.565. The highest BCUT2D eigenvalue weighted by Gasteiger charge is 2.17. The van der Waals surface area contributed by atoms with Crippen molar-refractivity contribution in [1.29, 1.82) is 0 Å². The summed E-state index contributed by atoms with van der Waals surface area (Å²) in [6.45, 7) is 1.63. The lowest BCUT2D eigenvalue weighted by Gasteiger charge is -2.16. The van der Waals surface area contributed by atoms with Crippen LogP contribution in [0.5, 0.6) is 17.2 Å². The van der Waals surface area contributed by atoms with Crippen LogP contribution in [0.4, 0.5) is 5.69 Å². The number of amides is 1. The Kier molecular flexibility index (Phi) is 6.17. The van der Waals surface area contributed by atoms with E-state index in [1.165, 1.54) is 7.11 Å². The molecule has 2 rings (SSSR count). The van der Waals surface area contributed by atoms with E-state index >= 15 is 0 Å². The number of carbonyl (C=O) groups is 1. The molecule has 0 unspecified atom stereocenters. The molecule has 1 amide bonds. The Morgan fingerprint density at radius 2 is 1.67 bits per heavy atom. The molecule has 0 aliphatic rings. The van der Waals surface area contributed by atoms with Gasteiger partial charge in [0.1, 0.15) is 5.75 Å². The van der Waals surface area contributed by atoms with E-state index in [-0.39, 0.29) is 5.91 Å². The molecule has 1 N–H and O–H groups in total. The highest BCUT2D eigenvalue weighted by atomic mass is 35.5. The van der Waals surface area contributed by atoms with Crippen LogP contribution in [0.3, 0.4) is 0 Å². The molecule has 7 heteroatoms. The van der Waals surface area contributed by atoms with E-state index in [4.69, 9.17) is 37.4 Å². The van der Waals surface area contributed by atoms with Crippen LogP contribution in [-0.4, -0.2) is 26.2 Å². The lowest BCUT2D eigenvalue weighted by Crippen LogP contribution is -2.30. The SMILES string of the molecule is COc1ccc(NC(=O)[C@@H](C)Oc2ccc(Cl)cc2Cl)cc1OC. The lowest BCUT2D eigenvalue weighted by atomic mass is 10.2. The molecule has 128 valence electrons. The number of methoxy groups -OCH3 is 2. The first-order valence-electron chi connectivity index (χ1n) is 7.09. The summed E-state index contributed by atoms with van der Waals surface area (Å²) in [7, 11) is 3.07. The number of ether oxygens (including phenoxy) is 3. The molecule has 0 spiro atoms. The molecule has 0 fully saturated rings. The Bertz CT molecular complexity index is 737. The number of halogens is 2. The molecule has 0 saturated heterocycles. The van der Waals surface area contributed by atoms with E-state index in [9.17, 15) is 4.79 Å². The van der Waals surface area contributed by atoms with E-state index in [1.807, 2.05) is 0 Å². The molecular formula is C17H17Cl2NO4. The monoisotopic (exact) mass is 369 g/mol. The third-order valence-electron chi connectivity index (χ3n) is 3.22. The fraction of sp³-hybridized carbons (Fsp3) is 0.235. The molecule has 2 aromatic rings. The molecule has 0 radical (unpaired) electrons. The third kappa shape index (κ3) is 4.46. The Labute approximate surface area is 150 Å². The van der Waals surface area contributed by atoms with Crippen molar-refractivity contribution >= 4 is 34.8 Å². The van der Waals surface area contributed by atoms with Gasteiger partial charge in [-0.3, -0.25) is 4.79 Å². The van der Waals surface area contributed by atoms with Crippen LogP contribution in [0.2, 0.25) is 10.0 Å². The first-order valence-corrected chi connectivity index (χ1v) is 7.84. The van der Waals surface area contributed by atoms with Gasteiger partial charge in [0.15, 0.2) is 17.6 Å². The Balaban J connectivity index is 2.06. The van der Waals surface area contributed by atoms with Crippen molar-refractivity contribution in [3.63, 3.8) is 0 Å². The predicted octanol–water partition coefficient (Wildman–Crippen LogP) is 4.42. The quantitative estimate of drug-likeness (QED) is 0.818. The van der Waals surface area contributed by atoms with Crippen LogP contribution in [-0.2, 0) is 4.79 Å². The zero-order valence-corrected chi connectivity index (χ0v) is 14.9. The van der Waals surface area contributed by atoms with Crippen LogP contribution in [0.15, 0.2) is 36.4 Å². The molecule has 0 heterocycles. The number of nitrogens with one attached hydrogen (secondary N) is 1. The number of benzene rings is 2. The number of rotatable bonds is 6. The maximum atomic E-state index is 12.3. The second kappa shape index (κ2) is 8.13. The number of carbonyl (C=O) groups excluding carboxylic acids is 1. The van der Waals surface area contributed by atoms with Crippen LogP contribution in [0.1, 0.15) is 6.92 Å². The first-order chi connectivity index (χ1) is 11.4. The smallest absolute Gasteiger partial charge is 0.265 e. The second-order valence-electron chi connectivity index (χ2n) is 4.89. The van der Waals surface area contributed by atoms with Gasteiger partial charge in [-0.15, -0.1) is 0 Å². The Morgan fingerprint density at radius 3 is 2.29 bits per heavy atom. The summed E-state index contributed by atoms with van der Waals surface area (Å²) in [5, 5.41) is 3.59. The standard InChI is InChI=1S/C17H17Cl2NO4/c1-10(24-14-6-4-11(18)8-13(14)19)17(21)20-12-5-7-15(22-2)16(9-12)23-3/h4-10H,1-3H3,(H,20,21)/t10-/m1/s1. The maximum Gasteiger partial charge on any atom is 0.265 e. The van der Waals surface area contributed by atoms with Gasteiger partial charge in [0.25, 0.3) is 5.91 Å². The molecule has 2 aromatic carbocycles. The molecular weight excluding hydrogens is 353 g/mol. The molecule has 0 bridgehead atoms. The number of hydrogen-bond acceptors (Lipinski definition) is 4. The number of anilines is 1. The van der Waals surface area contributed by atoms with Crippen molar-refractivity contribution in [3.05, 3.63) is 46.4 Å². The highest BCUT2D eigenvalue weighted by Crippen LogP contribution is 2.30. The summed E-state index contributed by atoms with van der Waals surface area (Å²) in [6, 6.07) is 9.89. The molecule has 1 atom stereocenters. The molecule has 0 aliphatic carbocycles. The van der Waals surface area contributed by atoms with Crippen LogP contribution in [0.25, 0.3) is 0 Å². The minimum absolute atomic E-state index is 0.326. The minimum Gasteiger partial charge on any atom is -0.493 e. The Morgan fingerprint density at radius 1 is 1.00 bits per heavy atom. The third-order valence-corrected chi connectivity index (χ3v) is 3.75. The van der Waals surface area contributed by atoms with Crippen molar-refractivity contribution < 1.29 is 19.0 Å². The highest BCUT2D eigenvalue weighted by molar-refractivity contribution is 6.35. The average Bonchev–Trinajstić information content (AvgIpc) is 2.57. The Hall–Kier alpha value is -2.11. The predicted molar refractivity (Wildman–Crippen MR) is 94.7 cm³/mol. The van der Waals surface area contributed by atoms with Gasteiger partial charge < -0.3 is 19.5 Å². The van der Waals surface area contributed by atoms with Gasteiger partial charge in [0.05, 0.1) is 19.2 Å². The van der Waals surface area contributed by atoms with Gasteiger partial charge >= 0.3 is 0 Å². The molecule has 0 aromatic heterocycles. The van der Waals surface area contributed by atoms with E-state index in [1.54, 1.807) is 50.4 Å². The summed E-state index contributed by atoms with van der Waals surface area (Å²) < 4.78 is 15.9. The maximum absolute atomic E-state index is 12.3. The normalized spacial score (nSPS) is 11.5. The van der Waals surface area contributed by atoms with Crippen LogP contribution >= 0.6 is 23.2 Å². The zero-order valence-electron chi connectivity index (χ0n) is 13.4. The van der Waals surface area contributed by atoms with Crippen molar-refractivity contribution in [1.82, 2.24) is 0 Å². The van der Waals surface area contributed by atoms with Gasteiger partial charge in [0.2, 0.25) is 0 Å². The van der Waals surface area contributed by atoms with Crippen LogP contribution < -0.4 is 19.5 Å². The zero-order chi connectivity index (χ0) is 17.7. The van der Waals surface area contributed by atoms with Gasteiger partial charge in [-0.2, -0.15) is 0 Å². The van der Waals surface area contributed by atoms with Crippen molar-refractivity contribution in [2.45, 2.75) is 13.0 Å². The second-order valence-corrected chi connectivity index (χ2v) is 5.74. The van der Waals surface area contributed by atoms with E-state index in [0.29, 0.717) is 33.0 Å². The molecule has 24 heavy (non-hydrogen) atoms. The van der Waals surface area contributed by atoms with Gasteiger partial charge in [-0.25, -0.2) is 0 Å². The fourth-order valence-electron chi connectivity index (χ4n) is 1.97. The topological polar surface area (TPSA) is 56.8 Å². The largest absolute Gasteiger partial charge is 0.493 e. The molecule has 0 saturated carbocycles. The lowest BCUT2D eigenvalue weighted by molar-refractivity contribution is -0.122. The van der Waals surface area contributed by atoms with Crippen LogP contribution in [0, 0.1) is 0 Å². The van der Waals surface area contributed by atoms with E-state index in [0.717, 1.165) is 0 Å². The van der Waals surface area contributed by atoms with E-state index < -0.39 is 6.10 Å².